The van der Waals surface area contributed by atoms with Crippen LogP contribution in [0.4, 0.5) is 8.78 Å². The molecule has 1 fully saturated rings. The van der Waals surface area contributed by atoms with Crippen molar-refractivity contribution in [1.29, 1.82) is 0 Å². The van der Waals surface area contributed by atoms with E-state index in [4.69, 9.17) is 0 Å². The molecule has 1 saturated heterocycles. The van der Waals surface area contributed by atoms with Crippen molar-refractivity contribution in [3.63, 3.8) is 0 Å². The smallest absolute Gasteiger partial charge is 0.255 e. The van der Waals surface area contributed by atoms with Gasteiger partial charge in [0.25, 0.3) is 6.43 Å². The maximum atomic E-state index is 12.1. The lowest BCUT2D eigenvalue weighted by Gasteiger charge is -2.21. The van der Waals surface area contributed by atoms with Crippen LogP contribution in [-0.4, -0.2) is 56.1 Å². The molecule has 0 aliphatic carbocycles. The fourth-order valence-electron chi connectivity index (χ4n) is 2.16. The van der Waals surface area contributed by atoms with E-state index in [0.29, 0.717) is 17.9 Å². The van der Waals surface area contributed by atoms with E-state index < -0.39 is 6.43 Å². The van der Waals surface area contributed by atoms with Gasteiger partial charge in [-0.15, -0.1) is 24.0 Å². The van der Waals surface area contributed by atoms with Gasteiger partial charge in [0, 0.05) is 32.2 Å². The predicted molar refractivity (Wildman–Crippen MR) is 85.6 cm³/mol. The molecule has 0 aromatic heterocycles. The van der Waals surface area contributed by atoms with Crippen LogP contribution in [0.3, 0.4) is 0 Å². The molecule has 0 radical (unpaired) electrons. The summed E-state index contributed by atoms with van der Waals surface area (Å²) >= 11 is 0. The van der Waals surface area contributed by atoms with Gasteiger partial charge in [0.2, 0.25) is 0 Å². The van der Waals surface area contributed by atoms with E-state index in [1.807, 2.05) is 0 Å². The molecule has 0 bridgehead atoms. The van der Waals surface area contributed by atoms with Crippen LogP contribution in [0, 0.1) is 5.92 Å². The minimum absolute atomic E-state index is 0. The van der Waals surface area contributed by atoms with Gasteiger partial charge in [0.15, 0.2) is 5.96 Å². The first-order chi connectivity index (χ1) is 8.43. The quantitative estimate of drug-likeness (QED) is 0.437. The van der Waals surface area contributed by atoms with Crippen molar-refractivity contribution in [2.75, 3.05) is 26.7 Å². The predicted octanol–water partition coefficient (Wildman–Crippen LogP) is 1.76. The zero-order chi connectivity index (χ0) is 13.7. The van der Waals surface area contributed by atoms with Gasteiger partial charge >= 0.3 is 0 Å². The van der Waals surface area contributed by atoms with Crippen molar-refractivity contribution in [2.24, 2.45) is 10.9 Å². The van der Waals surface area contributed by atoms with Crippen molar-refractivity contribution in [3.05, 3.63) is 0 Å². The Morgan fingerprint density at radius 1 is 1.37 bits per heavy atom. The molecule has 0 spiro atoms. The number of nitrogens with zero attached hydrogens (tertiary/aromatic N) is 2. The molecule has 7 heteroatoms. The molecule has 2 unspecified atom stereocenters. The highest BCUT2D eigenvalue weighted by Crippen LogP contribution is 2.18. The van der Waals surface area contributed by atoms with Gasteiger partial charge < -0.3 is 10.6 Å². The lowest BCUT2D eigenvalue weighted by molar-refractivity contribution is 0.152. The van der Waals surface area contributed by atoms with Gasteiger partial charge in [-0.1, -0.05) is 6.92 Å². The standard InChI is InChI=1S/C12H24F2N4.HI/c1-8(2)18-6-9(3)10(7-18)17-12(15-4)16-5-11(13)14;/h8-11H,5-7H2,1-4H3,(H2,15,16,17);1H. The fraction of sp³-hybridized carbons (Fsp3) is 0.917. The van der Waals surface area contributed by atoms with Crippen LogP contribution in [0.25, 0.3) is 0 Å². The Morgan fingerprint density at radius 3 is 2.42 bits per heavy atom. The van der Waals surface area contributed by atoms with Crippen LogP contribution in [-0.2, 0) is 0 Å². The minimum Gasteiger partial charge on any atom is -0.352 e. The molecule has 1 aliphatic heterocycles. The average Bonchev–Trinajstić information content (AvgIpc) is 2.66. The van der Waals surface area contributed by atoms with E-state index >= 15 is 0 Å². The zero-order valence-electron chi connectivity index (χ0n) is 12.0. The number of aliphatic imine (C=N–C) groups is 1. The molecule has 1 rings (SSSR count). The molecule has 0 aromatic carbocycles. The van der Waals surface area contributed by atoms with Gasteiger partial charge in [-0.2, -0.15) is 0 Å². The highest BCUT2D eigenvalue weighted by molar-refractivity contribution is 14.0. The summed E-state index contributed by atoms with van der Waals surface area (Å²) in [5.74, 6) is 0.940. The Kier molecular flexibility index (Phi) is 8.80. The Labute approximate surface area is 131 Å². The first-order valence-corrected chi connectivity index (χ1v) is 6.43. The summed E-state index contributed by atoms with van der Waals surface area (Å²) in [7, 11) is 1.60. The van der Waals surface area contributed by atoms with Crippen LogP contribution >= 0.6 is 24.0 Å². The van der Waals surface area contributed by atoms with Gasteiger partial charge in [-0.05, 0) is 19.8 Å². The highest BCUT2D eigenvalue weighted by atomic mass is 127. The summed E-state index contributed by atoms with van der Waals surface area (Å²) in [5.41, 5.74) is 0. The number of likely N-dealkylation sites (tertiary alicyclic amines) is 1. The van der Waals surface area contributed by atoms with Crippen molar-refractivity contribution < 1.29 is 8.78 Å². The van der Waals surface area contributed by atoms with Crippen LogP contribution in [0.15, 0.2) is 4.99 Å². The van der Waals surface area contributed by atoms with Crippen molar-refractivity contribution in [2.45, 2.75) is 39.3 Å². The summed E-state index contributed by atoms with van der Waals surface area (Å²) in [6, 6.07) is 0.770. The molecule has 114 valence electrons. The third kappa shape index (κ3) is 6.20. The fourth-order valence-corrected chi connectivity index (χ4v) is 2.16. The number of alkyl halides is 2. The Balaban J connectivity index is 0.00000324. The largest absolute Gasteiger partial charge is 0.352 e. The van der Waals surface area contributed by atoms with E-state index in [9.17, 15) is 8.78 Å². The molecule has 0 aromatic rings. The molecule has 1 aliphatic rings. The summed E-state index contributed by atoms with van der Waals surface area (Å²) in [4.78, 5) is 6.35. The maximum absolute atomic E-state index is 12.1. The summed E-state index contributed by atoms with van der Waals surface area (Å²) < 4.78 is 24.3. The minimum atomic E-state index is -2.36. The summed E-state index contributed by atoms with van der Waals surface area (Å²) in [6.07, 6.45) is -2.36. The van der Waals surface area contributed by atoms with E-state index in [1.165, 1.54) is 0 Å². The van der Waals surface area contributed by atoms with E-state index in [0.717, 1.165) is 13.1 Å². The second kappa shape index (κ2) is 8.89. The summed E-state index contributed by atoms with van der Waals surface area (Å²) in [6.45, 7) is 8.09. The SMILES string of the molecule is CN=C(NCC(F)F)NC1CN(C(C)C)CC1C.I. The van der Waals surface area contributed by atoms with Crippen molar-refractivity contribution in [3.8, 4) is 0 Å². The van der Waals surface area contributed by atoms with Gasteiger partial charge in [-0.25, -0.2) is 8.78 Å². The lowest BCUT2D eigenvalue weighted by atomic mass is 10.1. The van der Waals surface area contributed by atoms with E-state index in [2.05, 4.69) is 41.3 Å². The highest BCUT2D eigenvalue weighted by Gasteiger charge is 2.31. The third-order valence-electron chi connectivity index (χ3n) is 3.34. The first-order valence-electron chi connectivity index (χ1n) is 6.43. The van der Waals surface area contributed by atoms with Crippen LogP contribution in [0.5, 0.6) is 0 Å². The number of rotatable bonds is 4. The maximum Gasteiger partial charge on any atom is 0.255 e. The van der Waals surface area contributed by atoms with Gasteiger partial charge in [0.1, 0.15) is 0 Å². The van der Waals surface area contributed by atoms with E-state index in [1.54, 1.807) is 7.05 Å². The molecule has 19 heavy (non-hydrogen) atoms. The summed E-state index contributed by atoms with van der Waals surface area (Å²) in [5, 5.41) is 5.85. The monoisotopic (exact) mass is 390 g/mol. The molecule has 0 amide bonds. The van der Waals surface area contributed by atoms with Crippen LogP contribution in [0.2, 0.25) is 0 Å². The number of guanidine groups is 1. The second-order valence-corrected chi connectivity index (χ2v) is 5.12. The topological polar surface area (TPSA) is 39.7 Å². The van der Waals surface area contributed by atoms with E-state index in [-0.39, 0.29) is 36.6 Å². The number of halogens is 3. The number of hydrogen-bond acceptors (Lipinski definition) is 2. The number of nitrogens with one attached hydrogen (secondary N) is 2. The Morgan fingerprint density at radius 2 is 2.00 bits per heavy atom. The van der Waals surface area contributed by atoms with Crippen LogP contribution < -0.4 is 10.6 Å². The molecular weight excluding hydrogens is 365 g/mol. The molecule has 1 heterocycles. The number of hydrogen-bond donors (Lipinski definition) is 2. The first kappa shape index (κ1) is 18.8. The van der Waals surface area contributed by atoms with Crippen LogP contribution in [0.1, 0.15) is 20.8 Å². The third-order valence-corrected chi connectivity index (χ3v) is 3.34. The Bertz CT molecular complexity index is 287. The zero-order valence-corrected chi connectivity index (χ0v) is 14.3. The molecule has 4 nitrogen and oxygen atoms in total. The van der Waals surface area contributed by atoms with Gasteiger partial charge in [0.05, 0.1) is 6.54 Å². The van der Waals surface area contributed by atoms with Crippen molar-refractivity contribution in [1.82, 2.24) is 15.5 Å². The lowest BCUT2D eigenvalue weighted by Crippen LogP contribution is -2.47. The van der Waals surface area contributed by atoms with Gasteiger partial charge in [-0.3, -0.25) is 9.89 Å². The Hall–Kier alpha value is -0.180. The van der Waals surface area contributed by atoms with Crippen molar-refractivity contribution >= 4 is 29.9 Å². The second-order valence-electron chi connectivity index (χ2n) is 5.12. The average molecular weight is 390 g/mol. The normalized spacial score (nSPS) is 24.7. The molecule has 0 saturated carbocycles. The molecule has 2 atom stereocenters. The molecular formula is C12H25F2IN4. The molecule has 2 N–H and O–H groups in total.